The van der Waals surface area contributed by atoms with Crippen molar-refractivity contribution < 1.29 is 14.7 Å². The number of nitrogens with zero attached hydrogens (tertiary/aromatic N) is 1. The number of hydrogen-bond donors (Lipinski definition) is 2. The highest BCUT2D eigenvalue weighted by atomic mass is 16.4. The molecule has 5 heteroatoms. The number of hydrazone groups is 1. The third-order valence-electron chi connectivity index (χ3n) is 3.54. The van der Waals surface area contributed by atoms with E-state index in [9.17, 15) is 9.59 Å². The summed E-state index contributed by atoms with van der Waals surface area (Å²) >= 11 is 0. The number of unbranched alkanes of at least 4 members (excludes halogenated alkanes) is 3. The second-order valence-electron chi connectivity index (χ2n) is 6.35. The van der Waals surface area contributed by atoms with Gasteiger partial charge < -0.3 is 5.11 Å². The number of carboxylic acids is 1. The molecule has 0 aliphatic heterocycles. The largest absolute Gasteiger partial charge is 0.481 e. The third kappa shape index (κ3) is 16.5. The lowest BCUT2D eigenvalue weighted by Crippen LogP contribution is -2.17. The highest BCUT2D eigenvalue weighted by Crippen LogP contribution is 2.10. The van der Waals surface area contributed by atoms with E-state index in [1.54, 1.807) is 6.21 Å². The van der Waals surface area contributed by atoms with Crippen LogP contribution in [0.2, 0.25) is 0 Å². The van der Waals surface area contributed by atoms with Gasteiger partial charge in [-0.2, -0.15) is 5.10 Å². The van der Waals surface area contributed by atoms with Crippen LogP contribution >= 0.6 is 0 Å². The fourth-order valence-electron chi connectivity index (χ4n) is 2.10. The van der Waals surface area contributed by atoms with Gasteiger partial charge in [-0.3, -0.25) is 9.59 Å². The number of hydrogen-bond acceptors (Lipinski definition) is 3. The van der Waals surface area contributed by atoms with Gasteiger partial charge in [-0.1, -0.05) is 31.4 Å². The van der Waals surface area contributed by atoms with Gasteiger partial charge in [-0.15, -0.1) is 0 Å². The minimum absolute atomic E-state index is 0.0725. The highest BCUT2D eigenvalue weighted by Gasteiger charge is 2.01. The number of carbonyl (C=O) groups excluding carboxylic acids is 1. The first kappa shape index (κ1) is 21.4. The van der Waals surface area contributed by atoms with Crippen molar-refractivity contribution in [1.82, 2.24) is 5.43 Å². The Morgan fingerprint density at radius 1 is 1.13 bits per heavy atom. The van der Waals surface area contributed by atoms with Crippen molar-refractivity contribution >= 4 is 18.1 Å². The van der Waals surface area contributed by atoms with Gasteiger partial charge >= 0.3 is 5.97 Å². The SMILES string of the molecule is CC(C)=CCC[C@@H](C)C/C=N/NC(=O)CCCCCCC(=O)O. The van der Waals surface area contributed by atoms with Crippen molar-refractivity contribution in [2.45, 2.75) is 78.6 Å². The molecular formula is C18H32N2O3. The highest BCUT2D eigenvalue weighted by molar-refractivity contribution is 5.76. The Bertz CT molecular complexity index is 399. The number of rotatable bonds is 13. The van der Waals surface area contributed by atoms with Crippen molar-refractivity contribution in [3.05, 3.63) is 11.6 Å². The molecule has 5 nitrogen and oxygen atoms in total. The first-order valence-corrected chi connectivity index (χ1v) is 8.57. The molecule has 2 N–H and O–H groups in total. The molecule has 0 aliphatic carbocycles. The molecule has 0 saturated heterocycles. The Balaban J connectivity index is 3.57. The van der Waals surface area contributed by atoms with E-state index in [4.69, 9.17) is 5.11 Å². The van der Waals surface area contributed by atoms with Crippen LogP contribution in [-0.2, 0) is 9.59 Å². The Kier molecular flexibility index (Phi) is 13.0. The van der Waals surface area contributed by atoms with Crippen LogP contribution < -0.4 is 5.43 Å². The first-order chi connectivity index (χ1) is 10.9. The monoisotopic (exact) mass is 324 g/mol. The predicted molar refractivity (Wildman–Crippen MR) is 94.4 cm³/mol. The quantitative estimate of drug-likeness (QED) is 0.230. The van der Waals surface area contributed by atoms with Crippen LogP contribution in [0.4, 0.5) is 0 Å². The normalized spacial score (nSPS) is 12.1. The topological polar surface area (TPSA) is 78.8 Å². The summed E-state index contributed by atoms with van der Waals surface area (Å²) in [6, 6.07) is 0. The molecule has 1 atom stereocenters. The van der Waals surface area contributed by atoms with E-state index in [0.29, 0.717) is 18.8 Å². The third-order valence-corrected chi connectivity index (χ3v) is 3.54. The standard InChI is InChI=1S/C18H32N2O3/c1-15(2)9-8-10-16(3)13-14-19-20-17(21)11-6-4-5-7-12-18(22)23/h9,14,16H,4-8,10-13H2,1-3H3,(H,20,21)(H,22,23)/b19-14+/t16-/m1/s1. The summed E-state index contributed by atoms with van der Waals surface area (Å²) in [6.07, 6.45) is 10.9. The molecule has 0 bridgehead atoms. The fraction of sp³-hybridized carbons (Fsp3) is 0.722. The molecule has 0 saturated carbocycles. The van der Waals surface area contributed by atoms with E-state index in [-0.39, 0.29) is 12.3 Å². The van der Waals surface area contributed by atoms with Crippen molar-refractivity contribution in [2.24, 2.45) is 11.0 Å². The first-order valence-electron chi connectivity index (χ1n) is 8.57. The van der Waals surface area contributed by atoms with Gasteiger partial charge in [0, 0.05) is 19.1 Å². The number of carbonyl (C=O) groups is 2. The summed E-state index contributed by atoms with van der Waals surface area (Å²) in [5, 5.41) is 12.5. The minimum Gasteiger partial charge on any atom is -0.481 e. The molecule has 0 aromatic heterocycles. The van der Waals surface area contributed by atoms with Gasteiger partial charge in [-0.25, -0.2) is 5.43 Å². The Morgan fingerprint density at radius 2 is 1.78 bits per heavy atom. The summed E-state index contributed by atoms with van der Waals surface area (Å²) in [7, 11) is 0. The lowest BCUT2D eigenvalue weighted by Gasteiger charge is -2.06. The molecule has 0 radical (unpaired) electrons. The van der Waals surface area contributed by atoms with Crippen LogP contribution in [0.3, 0.4) is 0 Å². The molecule has 23 heavy (non-hydrogen) atoms. The maximum atomic E-state index is 11.5. The summed E-state index contributed by atoms with van der Waals surface area (Å²) in [4.78, 5) is 21.9. The molecule has 0 aromatic rings. The molecule has 0 unspecified atom stereocenters. The zero-order chi connectivity index (χ0) is 17.5. The van der Waals surface area contributed by atoms with Gasteiger partial charge in [-0.05, 0) is 51.9 Å². The number of carboxylic acid groups (broad SMARTS) is 1. The molecule has 0 aliphatic rings. The fourth-order valence-corrected chi connectivity index (χ4v) is 2.10. The van der Waals surface area contributed by atoms with Crippen molar-refractivity contribution in [3.8, 4) is 0 Å². The van der Waals surface area contributed by atoms with E-state index < -0.39 is 5.97 Å². The smallest absolute Gasteiger partial charge is 0.303 e. The Labute approximate surface area is 140 Å². The number of aliphatic carboxylic acids is 1. The molecule has 0 aromatic carbocycles. The molecule has 1 amide bonds. The number of amides is 1. The predicted octanol–water partition coefficient (Wildman–Crippen LogP) is 4.29. The molecule has 0 rings (SSSR count). The zero-order valence-corrected chi connectivity index (χ0v) is 14.8. The minimum atomic E-state index is -0.757. The molecule has 0 fully saturated rings. The summed E-state index contributed by atoms with van der Waals surface area (Å²) in [5.41, 5.74) is 3.89. The second-order valence-corrected chi connectivity index (χ2v) is 6.35. The maximum Gasteiger partial charge on any atom is 0.303 e. The van der Waals surface area contributed by atoms with E-state index in [1.165, 1.54) is 5.57 Å². The molecular weight excluding hydrogens is 292 g/mol. The number of nitrogens with one attached hydrogen (secondary N) is 1. The van der Waals surface area contributed by atoms with Crippen molar-refractivity contribution in [1.29, 1.82) is 0 Å². The van der Waals surface area contributed by atoms with Crippen LogP contribution in [-0.4, -0.2) is 23.2 Å². The summed E-state index contributed by atoms with van der Waals surface area (Å²) in [6.45, 7) is 6.39. The van der Waals surface area contributed by atoms with Gasteiger partial charge in [0.15, 0.2) is 0 Å². The van der Waals surface area contributed by atoms with Crippen molar-refractivity contribution in [3.63, 3.8) is 0 Å². The van der Waals surface area contributed by atoms with Gasteiger partial charge in [0.1, 0.15) is 0 Å². The average molecular weight is 324 g/mol. The second kappa shape index (κ2) is 14.0. The van der Waals surface area contributed by atoms with E-state index in [1.807, 2.05) is 0 Å². The number of allylic oxidation sites excluding steroid dienone is 2. The van der Waals surface area contributed by atoms with E-state index in [0.717, 1.165) is 38.5 Å². The van der Waals surface area contributed by atoms with Crippen LogP contribution in [0.1, 0.15) is 78.6 Å². The summed E-state index contributed by atoms with van der Waals surface area (Å²) in [5.74, 6) is -0.274. The van der Waals surface area contributed by atoms with Crippen LogP contribution in [0.5, 0.6) is 0 Å². The van der Waals surface area contributed by atoms with E-state index >= 15 is 0 Å². The van der Waals surface area contributed by atoms with Crippen LogP contribution in [0.25, 0.3) is 0 Å². The Morgan fingerprint density at radius 3 is 2.39 bits per heavy atom. The maximum absolute atomic E-state index is 11.5. The van der Waals surface area contributed by atoms with Crippen LogP contribution in [0, 0.1) is 5.92 Å². The van der Waals surface area contributed by atoms with E-state index in [2.05, 4.69) is 37.4 Å². The van der Waals surface area contributed by atoms with Crippen molar-refractivity contribution in [2.75, 3.05) is 0 Å². The van der Waals surface area contributed by atoms with Gasteiger partial charge in [0.25, 0.3) is 0 Å². The summed E-state index contributed by atoms with van der Waals surface area (Å²) < 4.78 is 0. The zero-order valence-electron chi connectivity index (χ0n) is 14.8. The Hall–Kier alpha value is -1.65. The average Bonchev–Trinajstić information content (AvgIpc) is 2.46. The molecule has 132 valence electrons. The van der Waals surface area contributed by atoms with Crippen LogP contribution in [0.15, 0.2) is 16.8 Å². The lowest BCUT2D eigenvalue weighted by atomic mass is 10.0. The van der Waals surface area contributed by atoms with Gasteiger partial charge in [0.05, 0.1) is 0 Å². The molecule has 0 heterocycles. The molecule has 0 spiro atoms. The van der Waals surface area contributed by atoms with Gasteiger partial charge in [0.2, 0.25) is 5.91 Å². The lowest BCUT2D eigenvalue weighted by molar-refractivity contribution is -0.137.